The molecule has 0 radical (unpaired) electrons. The standard InChI is InChI=1S/C12H16Cl2N2O/c1-2-8-4-3-5-9(6-8)16-7-15-11(14)10(13)12(16)17/h7-9H,2-6H2,1H3. The van der Waals surface area contributed by atoms with Crippen LogP contribution in [0.3, 0.4) is 0 Å². The van der Waals surface area contributed by atoms with Crippen LogP contribution >= 0.6 is 23.2 Å². The average molecular weight is 275 g/mol. The van der Waals surface area contributed by atoms with Crippen molar-refractivity contribution in [1.82, 2.24) is 9.55 Å². The van der Waals surface area contributed by atoms with Crippen molar-refractivity contribution < 1.29 is 0 Å². The third-order valence-electron chi connectivity index (χ3n) is 3.62. The van der Waals surface area contributed by atoms with Crippen molar-refractivity contribution in [2.75, 3.05) is 0 Å². The van der Waals surface area contributed by atoms with Crippen molar-refractivity contribution in [3.63, 3.8) is 0 Å². The predicted molar refractivity (Wildman–Crippen MR) is 69.8 cm³/mol. The molecule has 1 aromatic heterocycles. The maximum absolute atomic E-state index is 12.0. The van der Waals surface area contributed by atoms with E-state index in [-0.39, 0.29) is 21.8 Å². The maximum atomic E-state index is 12.0. The summed E-state index contributed by atoms with van der Waals surface area (Å²) in [5.74, 6) is 0.704. The summed E-state index contributed by atoms with van der Waals surface area (Å²) < 4.78 is 1.65. The normalized spacial score (nSPS) is 24.9. The van der Waals surface area contributed by atoms with E-state index in [1.807, 2.05) is 0 Å². The van der Waals surface area contributed by atoms with Gasteiger partial charge in [-0.3, -0.25) is 9.36 Å². The smallest absolute Gasteiger partial charge is 0.273 e. The zero-order valence-corrected chi connectivity index (χ0v) is 11.3. The van der Waals surface area contributed by atoms with Gasteiger partial charge >= 0.3 is 0 Å². The maximum Gasteiger partial charge on any atom is 0.273 e. The van der Waals surface area contributed by atoms with E-state index in [0.717, 1.165) is 19.3 Å². The van der Waals surface area contributed by atoms with Crippen molar-refractivity contribution in [3.05, 3.63) is 26.9 Å². The monoisotopic (exact) mass is 274 g/mol. The summed E-state index contributed by atoms with van der Waals surface area (Å²) in [6.07, 6.45) is 7.18. The van der Waals surface area contributed by atoms with Crippen LogP contribution in [0.4, 0.5) is 0 Å². The topological polar surface area (TPSA) is 34.9 Å². The van der Waals surface area contributed by atoms with Gasteiger partial charge in [0.1, 0.15) is 5.02 Å². The second-order valence-corrected chi connectivity index (χ2v) is 5.39. The molecule has 0 saturated heterocycles. The molecule has 0 spiro atoms. The highest BCUT2D eigenvalue weighted by atomic mass is 35.5. The summed E-state index contributed by atoms with van der Waals surface area (Å²) in [4.78, 5) is 16.0. The van der Waals surface area contributed by atoms with E-state index in [1.54, 1.807) is 4.57 Å². The van der Waals surface area contributed by atoms with Crippen LogP contribution in [0.25, 0.3) is 0 Å². The van der Waals surface area contributed by atoms with E-state index in [0.29, 0.717) is 5.92 Å². The Morgan fingerprint density at radius 2 is 2.24 bits per heavy atom. The molecule has 17 heavy (non-hydrogen) atoms. The van der Waals surface area contributed by atoms with Crippen LogP contribution in [0.1, 0.15) is 45.1 Å². The van der Waals surface area contributed by atoms with Gasteiger partial charge in [-0.25, -0.2) is 4.98 Å². The quantitative estimate of drug-likeness (QED) is 0.771. The first-order chi connectivity index (χ1) is 8.13. The Kier molecular flexibility index (Phi) is 4.10. The fourth-order valence-corrected chi connectivity index (χ4v) is 2.84. The molecule has 1 heterocycles. The van der Waals surface area contributed by atoms with Crippen LogP contribution in [-0.4, -0.2) is 9.55 Å². The number of hydrogen-bond acceptors (Lipinski definition) is 2. The van der Waals surface area contributed by atoms with E-state index in [4.69, 9.17) is 23.2 Å². The molecule has 1 aliphatic carbocycles. The van der Waals surface area contributed by atoms with Crippen LogP contribution < -0.4 is 5.56 Å². The molecule has 94 valence electrons. The third-order valence-corrected chi connectivity index (χ3v) is 4.35. The third kappa shape index (κ3) is 2.66. The van der Waals surface area contributed by atoms with Gasteiger partial charge in [0.05, 0.1) is 6.33 Å². The number of rotatable bonds is 2. The van der Waals surface area contributed by atoms with Gasteiger partial charge in [-0.1, -0.05) is 49.4 Å². The molecule has 5 heteroatoms. The Hall–Kier alpha value is -0.540. The molecule has 1 aromatic rings. The lowest BCUT2D eigenvalue weighted by atomic mass is 9.84. The number of hydrogen-bond donors (Lipinski definition) is 0. The highest BCUT2D eigenvalue weighted by Crippen LogP contribution is 2.33. The lowest BCUT2D eigenvalue weighted by Gasteiger charge is -2.29. The Morgan fingerprint density at radius 1 is 1.47 bits per heavy atom. The summed E-state index contributed by atoms with van der Waals surface area (Å²) in [5.41, 5.74) is -0.214. The molecule has 1 fully saturated rings. The van der Waals surface area contributed by atoms with E-state index < -0.39 is 0 Å². The zero-order chi connectivity index (χ0) is 12.4. The van der Waals surface area contributed by atoms with Crippen LogP contribution in [0.5, 0.6) is 0 Å². The fraction of sp³-hybridized carbons (Fsp3) is 0.667. The minimum absolute atomic E-state index is 0.0350. The van der Waals surface area contributed by atoms with E-state index >= 15 is 0 Å². The first-order valence-electron chi connectivity index (χ1n) is 6.05. The Balaban J connectivity index is 2.28. The van der Waals surface area contributed by atoms with Crippen molar-refractivity contribution in [3.8, 4) is 0 Å². The van der Waals surface area contributed by atoms with Gasteiger partial charge in [-0.05, 0) is 18.8 Å². The van der Waals surface area contributed by atoms with Gasteiger partial charge in [0.15, 0.2) is 5.15 Å². The molecule has 0 bridgehead atoms. The fourth-order valence-electron chi connectivity index (χ4n) is 2.57. The number of aromatic nitrogens is 2. The molecule has 0 amide bonds. The van der Waals surface area contributed by atoms with Gasteiger partial charge < -0.3 is 0 Å². The first kappa shape index (κ1) is 12.9. The average Bonchev–Trinajstić information content (AvgIpc) is 2.36. The molecule has 0 N–H and O–H groups in total. The van der Waals surface area contributed by atoms with E-state index in [1.165, 1.54) is 19.2 Å². The van der Waals surface area contributed by atoms with E-state index in [2.05, 4.69) is 11.9 Å². The van der Waals surface area contributed by atoms with Crippen molar-refractivity contribution in [1.29, 1.82) is 0 Å². The molecular weight excluding hydrogens is 259 g/mol. The van der Waals surface area contributed by atoms with Gasteiger partial charge in [-0.2, -0.15) is 0 Å². The Labute approximate surface area is 111 Å². The minimum Gasteiger partial charge on any atom is -0.295 e. The van der Waals surface area contributed by atoms with Crippen molar-refractivity contribution in [2.24, 2.45) is 5.92 Å². The molecule has 2 unspecified atom stereocenters. The summed E-state index contributed by atoms with van der Waals surface area (Å²) >= 11 is 11.6. The predicted octanol–water partition coefficient (Wildman–Crippen LogP) is 3.69. The van der Waals surface area contributed by atoms with Crippen LogP contribution in [0, 0.1) is 5.92 Å². The molecular formula is C12H16Cl2N2O. The highest BCUT2D eigenvalue weighted by molar-refractivity contribution is 6.40. The summed E-state index contributed by atoms with van der Waals surface area (Å²) in [7, 11) is 0. The van der Waals surface area contributed by atoms with Crippen LogP contribution in [0.2, 0.25) is 10.2 Å². The molecule has 3 nitrogen and oxygen atoms in total. The van der Waals surface area contributed by atoms with Gasteiger partial charge in [-0.15, -0.1) is 0 Å². The minimum atomic E-state index is -0.214. The first-order valence-corrected chi connectivity index (χ1v) is 6.81. The number of halogens is 2. The van der Waals surface area contributed by atoms with Gasteiger partial charge in [0.2, 0.25) is 0 Å². The molecule has 2 atom stereocenters. The number of nitrogens with zero attached hydrogens (tertiary/aromatic N) is 2. The summed E-state index contributed by atoms with van der Waals surface area (Å²) in [5, 5.41) is 0.128. The molecule has 1 saturated carbocycles. The van der Waals surface area contributed by atoms with Crippen molar-refractivity contribution >= 4 is 23.2 Å². The van der Waals surface area contributed by atoms with Crippen molar-refractivity contribution in [2.45, 2.75) is 45.1 Å². The SMILES string of the molecule is CCC1CCCC(n2cnc(Cl)c(Cl)c2=O)C1. The van der Waals surface area contributed by atoms with Crippen LogP contribution in [-0.2, 0) is 0 Å². The Morgan fingerprint density at radius 3 is 2.94 bits per heavy atom. The summed E-state index contributed by atoms with van der Waals surface area (Å²) in [6, 6.07) is 0.225. The molecule has 0 aliphatic heterocycles. The lowest BCUT2D eigenvalue weighted by molar-refractivity contribution is 0.256. The van der Waals surface area contributed by atoms with Gasteiger partial charge in [0.25, 0.3) is 5.56 Å². The largest absolute Gasteiger partial charge is 0.295 e. The zero-order valence-electron chi connectivity index (χ0n) is 9.83. The second kappa shape index (κ2) is 5.40. The molecule has 2 rings (SSSR count). The highest BCUT2D eigenvalue weighted by Gasteiger charge is 2.23. The van der Waals surface area contributed by atoms with E-state index in [9.17, 15) is 4.79 Å². The molecule has 1 aliphatic rings. The van der Waals surface area contributed by atoms with Crippen LogP contribution in [0.15, 0.2) is 11.1 Å². The Bertz CT molecular complexity index is 458. The second-order valence-electron chi connectivity index (χ2n) is 4.66. The van der Waals surface area contributed by atoms with Gasteiger partial charge in [0, 0.05) is 6.04 Å². The summed E-state index contributed by atoms with van der Waals surface area (Å²) in [6.45, 7) is 2.20. The molecule has 0 aromatic carbocycles. The lowest BCUT2D eigenvalue weighted by Crippen LogP contribution is -2.29.